The third kappa shape index (κ3) is 4.51. The van der Waals surface area contributed by atoms with Crippen LogP contribution >= 0.6 is 11.3 Å². The Morgan fingerprint density at radius 1 is 1.14 bits per heavy atom. The van der Waals surface area contributed by atoms with Crippen LogP contribution in [-0.2, 0) is 10.9 Å². The van der Waals surface area contributed by atoms with E-state index in [1.54, 1.807) is 32.0 Å². The van der Waals surface area contributed by atoms with Crippen molar-refractivity contribution in [3.05, 3.63) is 86.0 Å². The Bertz CT molecular complexity index is 1570. The van der Waals surface area contributed by atoms with Crippen molar-refractivity contribution in [2.75, 3.05) is 6.61 Å². The van der Waals surface area contributed by atoms with Gasteiger partial charge in [0.25, 0.3) is 5.56 Å². The van der Waals surface area contributed by atoms with E-state index in [4.69, 9.17) is 4.74 Å². The van der Waals surface area contributed by atoms with Crippen LogP contribution in [0.5, 0.6) is 5.88 Å². The van der Waals surface area contributed by atoms with E-state index in [0.717, 1.165) is 27.6 Å². The molecule has 10 heteroatoms. The van der Waals surface area contributed by atoms with Crippen LogP contribution in [0, 0.1) is 13.8 Å². The number of aromatic hydroxyl groups is 1. The number of nitrogens with zero attached hydrogens (tertiary/aromatic N) is 2. The first-order chi connectivity index (χ1) is 17.0. The van der Waals surface area contributed by atoms with Crippen LogP contribution in [0.3, 0.4) is 0 Å². The second-order valence-electron chi connectivity index (χ2n) is 7.91. The summed E-state index contributed by atoms with van der Waals surface area (Å²) in [6.07, 6.45) is -3.33. The summed E-state index contributed by atoms with van der Waals surface area (Å²) in [6, 6.07) is 10.5. The fourth-order valence-corrected chi connectivity index (χ4v) is 4.81. The number of esters is 1. The van der Waals surface area contributed by atoms with Gasteiger partial charge in [0.05, 0.1) is 29.0 Å². The van der Waals surface area contributed by atoms with Gasteiger partial charge in [-0.15, -0.1) is 11.3 Å². The number of halogens is 3. The molecular formula is C26H21F3N2O4S. The van der Waals surface area contributed by atoms with Crippen molar-refractivity contribution in [3.63, 3.8) is 0 Å². The Hall–Kier alpha value is -3.92. The van der Waals surface area contributed by atoms with Crippen molar-refractivity contribution in [1.29, 1.82) is 0 Å². The van der Waals surface area contributed by atoms with Crippen molar-refractivity contribution in [2.45, 2.75) is 26.9 Å². The number of benzene rings is 2. The Morgan fingerprint density at radius 2 is 1.83 bits per heavy atom. The van der Waals surface area contributed by atoms with Crippen molar-refractivity contribution < 1.29 is 27.8 Å². The number of pyridine rings is 1. The molecule has 6 nitrogen and oxygen atoms in total. The molecule has 0 aliphatic heterocycles. The molecule has 0 fully saturated rings. The highest BCUT2D eigenvalue weighted by Crippen LogP contribution is 2.36. The van der Waals surface area contributed by atoms with Crippen LogP contribution in [0.2, 0.25) is 0 Å². The topological polar surface area (TPSA) is 80.9 Å². The third-order valence-corrected chi connectivity index (χ3v) is 6.81. The number of aliphatic imine (C=N–C) groups is 1. The maximum absolute atomic E-state index is 13.3. The molecule has 0 saturated carbocycles. The summed E-state index contributed by atoms with van der Waals surface area (Å²) in [5.41, 5.74) is -0.670. The smallest absolute Gasteiger partial charge is 0.416 e. The van der Waals surface area contributed by atoms with Gasteiger partial charge in [-0.05, 0) is 50.6 Å². The van der Waals surface area contributed by atoms with E-state index in [-0.39, 0.29) is 23.2 Å². The molecule has 0 saturated heterocycles. The standard InChI is InChI=1S/C26H21F3N2O4S/c1-4-35-25(34)21-14(2)15(3)36-22(21)30-13-20-18-10-5-6-11-19(18)23(32)31(24(20)33)17-9-7-8-16(12-17)26(27,28)29/h5-13,33H,4H2,1-3H3/b30-13+. The molecule has 0 unspecified atom stereocenters. The van der Waals surface area contributed by atoms with E-state index < -0.39 is 29.1 Å². The van der Waals surface area contributed by atoms with Gasteiger partial charge < -0.3 is 9.84 Å². The van der Waals surface area contributed by atoms with Crippen LogP contribution in [0.4, 0.5) is 18.2 Å². The number of aryl methyl sites for hydroxylation is 1. The predicted octanol–water partition coefficient (Wildman–Crippen LogP) is 6.32. The molecule has 2 aromatic heterocycles. The molecule has 2 heterocycles. The number of thiophene rings is 1. The van der Waals surface area contributed by atoms with Crippen molar-refractivity contribution >= 4 is 39.3 Å². The average Bonchev–Trinajstić information content (AvgIpc) is 3.12. The number of carbonyl (C=O) groups is 1. The normalized spacial score (nSPS) is 11.9. The average molecular weight is 515 g/mol. The number of aromatic nitrogens is 1. The third-order valence-electron chi connectivity index (χ3n) is 5.69. The van der Waals surface area contributed by atoms with E-state index >= 15 is 0 Å². The van der Waals surface area contributed by atoms with E-state index in [2.05, 4.69) is 4.99 Å². The molecule has 0 radical (unpaired) electrons. The molecule has 0 spiro atoms. The Kier molecular flexibility index (Phi) is 6.73. The second-order valence-corrected chi connectivity index (χ2v) is 9.12. The zero-order chi connectivity index (χ0) is 26.2. The maximum atomic E-state index is 13.3. The number of hydrogen-bond acceptors (Lipinski definition) is 6. The van der Waals surface area contributed by atoms with Crippen molar-refractivity contribution in [1.82, 2.24) is 4.57 Å². The molecule has 0 aliphatic carbocycles. The summed E-state index contributed by atoms with van der Waals surface area (Å²) in [7, 11) is 0. The lowest BCUT2D eigenvalue weighted by atomic mass is 10.1. The molecule has 0 bridgehead atoms. The zero-order valence-corrected chi connectivity index (χ0v) is 20.3. The maximum Gasteiger partial charge on any atom is 0.416 e. The first kappa shape index (κ1) is 25.2. The van der Waals surface area contributed by atoms with Gasteiger partial charge >= 0.3 is 12.1 Å². The highest BCUT2D eigenvalue weighted by molar-refractivity contribution is 7.16. The van der Waals surface area contributed by atoms with Crippen molar-refractivity contribution in [3.8, 4) is 11.6 Å². The number of alkyl halides is 3. The second kappa shape index (κ2) is 9.62. The largest absolute Gasteiger partial charge is 0.494 e. The van der Waals surface area contributed by atoms with Gasteiger partial charge in [0.2, 0.25) is 5.88 Å². The lowest BCUT2D eigenvalue weighted by Crippen LogP contribution is -2.20. The monoisotopic (exact) mass is 514 g/mol. The van der Waals surface area contributed by atoms with E-state index in [9.17, 15) is 27.9 Å². The van der Waals surface area contributed by atoms with E-state index in [1.165, 1.54) is 29.7 Å². The van der Waals surface area contributed by atoms with Crippen LogP contribution in [0.15, 0.2) is 58.3 Å². The predicted molar refractivity (Wildman–Crippen MR) is 133 cm³/mol. The van der Waals surface area contributed by atoms with Crippen LogP contribution in [-0.4, -0.2) is 28.5 Å². The van der Waals surface area contributed by atoms with Crippen LogP contribution < -0.4 is 5.56 Å². The molecule has 2 aromatic carbocycles. The van der Waals surface area contributed by atoms with Gasteiger partial charge in [0.15, 0.2) is 0 Å². The summed E-state index contributed by atoms with van der Waals surface area (Å²) in [4.78, 5) is 31.0. The molecule has 1 N–H and O–H groups in total. The van der Waals surface area contributed by atoms with Gasteiger partial charge in [-0.2, -0.15) is 13.2 Å². The molecule has 186 valence electrons. The van der Waals surface area contributed by atoms with Gasteiger partial charge in [-0.1, -0.05) is 24.3 Å². The molecule has 0 atom stereocenters. The molecular weight excluding hydrogens is 493 g/mol. The minimum Gasteiger partial charge on any atom is -0.494 e. The highest BCUT2D eigenvalue weighted by atomic mass is 32.1. The lowest BCUT2D eigenvalue weighted by molar-refractivity contribution is -0.137. The summed E-state index contributed by atoms with van der Waals surface area (Å²) < 4.78 is 45.9. The van der Waals surface area contributed by atoms with Crippen LogP contribution in [0.1, 0.15) is 38.8 Å². The summed E-state index contributed by atoms with van der Waals surface area (Å²) in [5.74, 6) is -1.11. The molecule has 0 aliphatic rings. The number of ether oxygens (including phenoxy) is 1. The molecule has 4 aromatic rings. The highest BCUT2D eigenvalue weighted by Gasteiger charge is 2.31. The minimum atomic E-state index is -4.63. The van der Waals surface area contributed by atoms with Gasteiger partial charge in [-0.3, -0.25) is 4.79 Å². The summed E-state index contributed by atoms with van der Waals surface area (Å²) >= 11 is 1.26. The fraction of sp³-hybridized carbons (Fsp3) is 0.192. The fourth-order valence-electron chi connectivity index (χ4n) is 3.82. The molecule has 36 heavy (non-hydrogen) atoms. The quantitative estimate of drug-likeness (QED) is 0.250. The lowest BCUT2D eigenvalue weighted by Gasteiger charge is -2.15. The van der Waals surface area contributed by atoms with Gasteiger partial charge in [-0.25, -0.2) is 14.4 Å². The Morgan fingerprint density at radius 3 is 2.50 bits per heavy atom. The number of hydrogen-bond donors (Lipinski definition) is 1. The summed E-state index contributed by atoms with van der Waals surface area (Å²) in [5, 5.41) is 12.0. The number of rotatable bonds is 5. The molecule has 0 amide bonds. The zero-order valence-electron chi connectivity index (χ0n) is 19.5. The number of fused-ring (bicyclic) bond motifs is 1. The summed E-state index contributed by atoms with van der Waals surface area (Å²) in [6.45, 7) is 5.49. The Balaban J connectivity index is 1.95. The minimum absolute atomic E-state index is 0.112. The molecule has 4 rings (SSSR count). The van der Waals surface area contributed by atoms with E-state index in [0.29, 0.717) is 21.5 Å². The van der Waals surface area contributed by atoms with Gasteiger partial charge in [0.1, 0.15) is 5.00 Å². The first-order valence-electron chi connectivity index (χ1n) is 10.9. The Labute approximate surface area is 207 Å². The van der Waals surface area contributed by atoms with E-state index in [1.807, 2.05) is 6.92 Å². The SMILES string of the molecule is CCOC(=O)c1c(/N=C/c2c(O)n(-c3cccc(C(F)(F)F)c3)c(=O)c3ccccc23)sc(C)c1C. The van der Waals surface area contributed by atoms with Crippen molar-refractivity contribution in [2.24, 2.45) is 4.99 Å². The first-order valence-corrected chi connectivity index (χ1v) is 11.7. The van der Waals surface area contributed by atoms with Gasteiger partial charge in [0, 0.05) is 21.9 Å². The van der Waals surface area contributed by atoms with Crippen LogP contribution in [0.25, 0.3) is 16.5 Å². The number of carbonyl (C=O) groups excluding carboxylic acids is 1.